The molecule has 14 nitrogen and oxygen atoms in total. The van der Waals surface area contributed by atoms with Crippen molar-refractivity contribution < 1.29 is 47.6 Å². The number of nitrogens with zero attached hydrogens (tertiary/aromatic N) is 3. The lowest BCUT2D eigenvalue weighted by Crippen LogP contribution is -2.47. The second-order valence-corrected chi connectivity index (χ2v) is 12.1. The minimum absolute atomic E-state index is 0.0359. The summed E-state index contributed by atoms with van der Waals surface area (Å²) in [7, 11) is 2.99. The van der Waals surface area contributed by atoms with Crippen molar-refractivity contribution in [3.63, 3.8) is 0 Å². The van der Waals surface area contributed by atoms with Crippen molar-refractivity contribution in [2.24, 2.45) is 0 Å². The molecule has 0 radical (unpaired) electrons. The Bertz CT molecular complexity index is 1610. The summed E-state index contributed by atoms with van der Waals surface area (Å²) in [6.07, 6.45) is 2.56. The topological polar surface area (TPSA) is 145 Å². The maximum Gasteiger partial charge on any atom is 0.432 e. The Kier molecular flexibility index (Phi) is 13.5. The highest BCUT2D eigenvalue weighted by atomic mass is 16.7. The molecular weight excluding hydrogens is 660 g/mol. The Hall–Kier alpha value is -5.34. The van der Waals surface area contributed by atoms with Gasteiger partial charge in [-0.05, 0) is 73.2 Å². The van der Waals surface area contributed by atoms with Crippen LogP contribution in [0.5, 0.6) is 11.5 Å². The number of hydrogen-bond acceptors (Lipinski definition) is 11. The van der Waals surface area contributed by atoms with Crippen molar-refractivity contribution >= 4 is 29.8 Å². The van der Waals surface area contributed by atoms with Gasteiger partial charge in [-0.1, -0.05) is 36.4 Å². The lowest BCUT2D eigenvalue weighted by atomic mass is 10.1. The van der Waals surface area contributed by atoms with Gasteiger partial charge in [-0.3, -0.25) is 19.8 Å². The molecule has 1 aliphatic heterocycles. The van der Waals surface area contributed by atoms with Crippen LogP contribution in [0.3, 0.4) is 0 Å². The van der Waals surface area contributed by atoms with E-state index in [-0.39, 0.29) is 31.4 Å². The normalized spacial score (nSPS) is 14.6. The van der Waals surface area contributed by atoms with Crippen LogP contribution in [0.25, 0.3) is 0 Å². The fraction of sp³-hybridized carbons (Fsp3) is 0.405. The van der Waals surface area contributed by atoms with Crippen LogP contribution in [0.2, 0.25) is 0 Å². The summed E-state index contributed by atoms with van der Waals surface area (Å²) in [5, 5.41) is 4.86. The summed E-state index contributed by atoms with van der Waals surface area (Å²) in [5.74, 6) is -0.00625. The van der Waals surface area contributed by atoms with Crippen molar-refractivity contribution in [1.29, 1.82) is 0 Å². The predicted molar refractivity (Wildman–Crippen MR) is 185 cm³/mol. The molecule has 2 fully saturated rings. The average molecular weight is 705 g/mol. The highest BCUT2D eigenvalue weighted by molar-refractivity contribution is 5.95. The summed E-state index contributed by atoms with van der Waals surface area (Å²) in [6.45, 7) is 1.66. The number of amides is 3. The first-order chi connectivity index (χ1) is 24.8. The molecule has 3 aromatic carbocycles. The average Bonchev–Trinajstić information content (AvgIpc) is 3.67. The summed E-state index contributed by atoms with van der Waals surface area (Å²) in [6, 6.07) is 20.7. The van der Waals surface area contributed by atoms with Gasteiger partial charge in [0.25, 0.3) is 5.91 Å². The Morgan fingerprint density at radius 2 is 1.59 bits per heavy atom. The largest absolute Gasteiger partial charge is 0.493 e. The highest BCUT2D eigenvalue weighted by Gasteiger charge is 2.27. The maximum absolute atomic E-state index is 13.7. The molecule has 1 heterocycles. The lowest BCUT2D eigenvalue weighted by Gasteiger charge is -2.31. The summed E-state index contributed by atoms with van der Waals surface area (Å²) >= 11 is 0. The Balaban J connectivity index is 1.25. The number of hydrazine groups is 1. The molecule has 1 N–H and O–H groups in total. The molecule has 2 aliphatic rings. The Morgan fingerprint density at radius 1 is 0.863 bits per heavy atom. The van der Waals surface area contributed by atoms with E-state index in [1.54, 1.807) is 37.4 Å². The quantitative estimate of drug-likeness (QED) is 0.142. The van der Waals surface area contributed by atoms with E-state index in [1.165, 1.54) is 19.2 Å². The third kappa shape index (κ3) is 11.1. The number of carbonyl (C=O) groups excluding carboxylic acids is 4. The molecule has 14 heteroatoms. The number of ether oxygens (including phenoxy) is 6. The van der Waals surface area contributed by atoms with Crippen LogP contribution >= 0.6 is 0 Å². The second-order valence-electron chi connectivity index (χ2n) is 12.1. The molecule has 5 rings (SSSR count). The van der Waals surface area contributed by atoms with Crippen molar-refractivity contribution in [2.75, 3.05) is 59.1 Å². The first-order valence-corrected chi connectivity index (χ1v) is 16.9. The molecule has 0 atom stereocenters. The molecule has 272 valence electrons. The van der Waals surface area contributed by atoms with Gasteiger partial charge in [0.15, 0.2) is 11.5 Å². The first kappa shape index (κ1) is 36.9. The van der Waals surface area contributed by atoms with Crippen LogP contribution in [-0.2, 0) is 36.9 Å². The first-order valence-electron chi connectivity index (χ1n) is 16.9. The van der Waals surface area contributed by atoms with E-state index < -0.39 is 30.9 Å². The van der Waals surface area contributed by atoms with Crippen LogP contribution in [0, 0.1) is 0 Å². The molecule has 1 aliphatic carbocycles. The van der Waals surface area contributed by atoms with E-state index in [2.05, 4.69) is 5.32 Å². The molecule has 0 bridgehead atoms. The number of anilines is 1. The van der Waals surface area contributed by atoms with Gasteiger partial charge in [0.1, 0.15) is 6.61 Å². The van der Waals surface area contributed by atoms with Gasteiger partial charge in [0.2, 0.25) is 6.79 Å². The zero-order valence-corrected chi connectivity index (χ0v) is 28.9. The number of hydrogen-bond donors (Lipinski definition) is 1. The van der Waals surface area contributed by atoms with Crippen molar-refractivity contribution in [1.82, 2.24) is 14.9 Å². The summed E-state index contributed by atoms with van der Waals surface area (Å²) in [4.78, 5) is 53.8. The molecule has 0 spiro atoms. The molecule has 1 saturated heterocycles. The van der Waals surface area contributed by atoms with Gasteiger partial charge >= 0.3 is 18.2 Å². The van der Waals surface area contributed by atoms with Crippen LogP contribution in [-0.4, -0.2) is 98.9 Å². The maximum atomic E-state index is 13.7. The molecule has 51 heavy (non-hydrogen) atoms. The fourth-order valence-corrected chi connectivity index (χ4v) is 5.64. The van der Waals surface area contributed by atoms with E-state index in [0.29, 0.717) is 49.1 Å². The standard InChI is InChI=1S/C37H44N4O10/c1-39(35(43)29-13-15-30(16-14-29)38-36(44)48-25-27-8-4-3-5-9-27)41(37(45)50-26-49-34(42)24-40-18-20-47-21-19-40)23-28-12-17-32(46-2)33(22-28)51-31-10-6-7-11-31/h3-5,8-9,12-17,22,31H,6-7,10-11,18-21,23-26H2,1-2H3,(H,38,44). The van der Waals surface area contributed by atoms with Gasteiger partial charge < -0.3 is 28.4 Å². The second kappa shape index (κ2) is 18.6. The number of benzene rings is 3. The number of morpholine rings is 1. The zero-order chi connectivity index (χ0) is 36.0. The molecule has 3 aromatic rings. The van der Waals surface area contributed by atoms with Crippen LogP contribution in [0.15, 0.2) is 72.8 Å². The van der Waals surface area contributed by atoms with Gasteiger partial charge in [0, 0.05) is 31.4 Å². The minimum atomic E-state index is -0.918. The van der Waals surface area contributed by atoms with Crippen molar-refractivity contribution in [3.05, 3.63) is 89.5 Å². The van der Waals surface area contributed by atoms with Crippen molar-refractivity contribution in [3.8, 4) is 11.5 Å². The number of rotatable bonds is 13. The highest BCUT2D eigenvalue weighted by Crippen LogP contribution is 2.33. The number of nitrogens with one attached hydrogen (secondary N) is 1. The summed E-state index contributed by atoms with van der Waals surface area (Å²) in [5.41, 5.74) is 2.13. The van der Waals surface area contributed by atoms with E-state index in [4.69, 9.17) is 28.4 Å². The van der Waals surface area contributed by atoms with Crippen LogP contribution in [0.4, 0.5) is 15.3 Å². The third-order valence-electron chi connectivity index (χ3n) is 8.47. The van der Waals surface area contributed by atoms with Crippen LogP contribution in [0.1, 0.15) is 47.2 Å². The van der Waals surface area contributed by atoms with Gasteiger partial charge in [-0.15, -0.1) is 0 Å². The minimum Gasteiger partial charge on any atom is -0.493 e. The molecule has 0 aromatic heterocycles. The monoisotopic (exact) mass is 704 g/mol. The zero-order valence-electron chi connectivity index (χ0n) is 28.9. The van der Waals surface area contributed by atoms with Gasteiger partial charge in [-0.25, -0.2) is 19.6 Å². The summed E-state index contributed by atoms with van der Waals surface area (Å²) < 4.78 is 32.8. The van der Waals surface area contributed by atoms with Gasteiger partial charge in [0.05, 0.1) is 39.5 Å². The molecule has 1 saturated carbocycles. The van der Waals surface area contributed by atoms with E-state index >= 15 is 0 Å². The SMILES string of the molecule is COc1ccc(CN(C(=O)OCOC(=O)CN2CCOCC2)N(C)C(=O)c2ccc(NC(=O)OCc3ccccc3)cc2)cc1OC1CCCC1. The molecule has 3 amide bonds. The number of esters is 1. The molecule has 0 unspecified atom stereocenters. The van der Waals surface area contributed by atoms with Gasteiger partial charge in [-0.2, -0.15) is 0 Å². The Morgan fingerprint density at radius 3 is 2.29 bits per heavy atom. The fourth-order valence-electron chi connectivity index (χ4n) is 5.64. The lowest BCUT2D eigenvalue weighted by molar-refractivity contribution is -0.155. The Labute approximate surface area is 297 Å². The number of carbonyl (C=O) groups is 4. The van der Waals surface area contributed by atoms with E-state index in [1.807, 2.05) is 35.2 Å². The van der Waals surface area contributed by atoms with E-state index in [0.717, 1.165) is 41.3 Å². The molecular formula is C37H44N4O10. The smallest absolute Gasteiger partial charge is 0.432 e. The predicted octanol–water partition coefficient (Wildman–Crippen LogP) is 5.22. The van der Waals surface area contributed by atoms with Crippen LogP contribution < -0.4 is 14.8 Å². The van der Waals surface area contributed by atoms with Crippen molar-refractivity contribution in [2.45, 2.75) is 44.9 Å². The van der Waals surface area contributed by atoms with E-state index in [9.17, 15) is 19.2 Å². The number of methoxy groups -OCH3 is 1. The third-order valence-corrected chi connectivity index (χ3v) is 8.47.